The first-order chi connectivity index (χ1) is 8.22. The molecule has 18 heavy (non-hydrogen) atoms. The highest BCUT2D eigenvalue weighted by Gasteiger charge is 2.45. The zero-order chi connectivity index (χ0) is 14.1. The maximum atomic E-state index is 12.2. The summed E-state index contributed by atoms with van der Waals surface area (Å²) in [5.74, 6) is -1.52. The number of hydrogen-bond donors (Lipinski definition) is 1. The van der Waals surface area contributed by atoms with E-state index in [2.05, 4.69) is 0 Å². The van der Waals surface area contributed by atoms with Crippen LogP contribution < -0.4 is 0 Å². The van der Waals surface area contributed by atoms with Gasteiger partial charge in [0, 0.05) is 0 Å². The number of nitriles is 1. The van der Waals surface area contributed by atoms with Gasteiger partial charge in [-0.05, 0) is 19.8 Å². The van der Waals surface area contributed by atoms with E-state index in [1.807, 2.05) is 13.8 Å². The number of imide groups is 1. The Kier molecular flexibility index (Phi) is 3.97. The van der Waals surface area contributed by atoms with Crippen molar-refractivity contribution >= 4 is 12.0 Å². The molecule has 1 N–H and O–H groups in total. The van der Waals surface area contributed by atoms with E-state index in [4.69, 9.17) is 10.00 Å². The van der Waals surface area contributed by atoms with E-state index in [1.165, 1.54) is 13.8 Å². The van der Waals surface area contributed by atoms with E-state index >= 15 is 0 Å². The first kappa shape index (κ1) is 14.5. The lowest BCUT2D eigenvalue weighted by Crippen LogP contribution is -2.49. The van der Waals surface area contributed by atoms with Crippen LogP contribution in [0.5, 0.6) is 0 Å². The monoisotopic (exact) mass is 254 g/mol. The van der Waals surface area contributed by atoms with E-state index in [1.54, 1.807) is 6.07 Å². The Hall–Kier alpha value is -1.61. The summed E-state index contributed by atoms with van der Waals surface area (Å²) in [4.78, 5) is 24.8. The molecule has 1 rings (SSSR count). The average molecular weight is 254 g/mol. The maximum absolute atomic E-state index is 12.2. The zero-order valence-corrected chi connectivity index (χ0v) is 11.0. The van der Waals surface area contributed by atoms with Crippen LogP contribution in [0, 0.1) is 23.2 Å². The van der Waals surface area contributed by atoms with Gasteiger partial charge in [-0.1, -0.05) is 13.8 Å². The number of rotatable bonds is 3. The zero-order valence-electron chi connectivity index (χ0n) is 11.0. The van der Waals surface area contributed by atoms with Gasteiger partial charge in [0.25, 0.3) is 0 Å². The second-order valence-electron chi connectivity index (χ2n) is 5.08. The Morgan fingerprint density at radius 1 is 1.61 bits per heavy atom. The molecule has 0 radical (unpaired) electrons. The molecule has 0 aromatic carbocycles. The minimum atomic E-state index is -1.80. The molecule has 0 spiro atoms. The molecule has 0 aromatic heterocycles. The van der Waals surface area contributed by atoms with Crippen LogP contribution in [0.1, 0.15) is 27.7 Å². The number of carbonyl (C=O) groups excluding carboxylic acids is 2. The van der Waals surface area contributed by atoms with Crippen molar-refractivity contribution in [1.29, 1.82) is 5.26 Å². The van der Waals surface area contributed by atoms with Crippen molar-refractivity contribution in [3.63, 3.8) is 0 Å². The fraction of sp³-hybridized carbons (Fsp3) is 0.750. The van der Waals surface area contributed by atoms with Crippen LogP contribution in [0.25, 0.3) is 0 Å². The molecule has 0 saturated carbocycles. The molecule has 3 atom stereocenters. The second-order valence-corrected chi connectivity index (χ2v) is 5.08. The molecule has 6 heteroatoms. The predicted octanol–water partition coefficient (Wildman–Crippen LogP) is 0.900. The molecule has 2 amide bonds. The summed E-state index contributed by atoms with van der Waals surface area (Å²) in [5, 5.41) is 18.6. The summed E-state index contributed by atoms with van der Waals surface area (Å²) < 4.78 is 4.86. The lowest BCUT2D eigenvalue weighted by atomic mass is 9.90. The largest absolute Gasteiger partial charge is 0.447 e. The number of aliphatic hydroxyl groups is 1. The van der Waals surface area contributed by atoms with E-state index in [0.717, 1.165) is 4.90 Å². The lowest BCUT2D eigenvalue weighted by molar-refractivity contribution is -0.138. The number of amides is 2. The lowest BCUT2D eigenvalue weighted by Gasteiger charge is -2.29. The van der Waals surface area contributed by atoms with Crippen LogP contribution in [-0.2, 0) is 9.53 Å². The first-order valence-electron chi connectivity index (χ1n) is 5.85. The van der Waals surface area contributed by atoms with Gasteiger partial charge in [-0.25, -0.2) is 9.69 Å². The molecule has 1 aliphatic rings. The second kappa shape index (κ2) is 4.94. The Morgan fingerprint density at radius 2 is 2.17 bits per heavy atom. The number of nitrogens with zero attached hydrogens (tertiary/aromatic N) is 2. The first-order valence-corrected chi connectivity index (χ1v) is 5.85. The Morgan fingerprint density at radius 3 is 2.61 bits per heavy atom. The highest BCUT2D eigenvalue weighted by atomic mass is 16.6. The molecule has 0 aromatic rings. The van der Waals surface area contributed by atoms with Gasteiger partial charge in [-0.15, -0.1) is 0 Å². The molecule has 1 saturated heterocycles. The Bertz CT molecular complexity index is 397. The fourth-order valence-electron chi connectivity index (χ4n) is 1.73. The van der Waals surface area contributed by atoms with Gasteiger partial charge in [0.15, 0.2) is 5.60 Å². The standard InChI is InChI=1S/C12H18N2O4/c1-7(2)9-5-18-11(16)14(9)10(15)8(3)12(4,17)6-13/h7-9,17H,5H2,1-4H3/t8-,9+,12+/m0/s1. The molecule has 0 aliphatic carbocycles. The molecule has 0 bridgehead atoms. The molecular formula is C12H18N2O4. The van der Waals surface area contributed by atoms with Crippen LogP contribution in [0.15, 0.2) is 0 Å². The molecular weight excluding hydrogens is 236 g/mol. The smallest absolute Gasteiger partial charge is 0.416 e. The van der Waals surface area contributed by atoms with Crippen molar-refractivity contribution in [2.45, 2.75) is 39.3 Å². The van der Waals surface area contributed by atoms with Crippen molar-refractivity contribution in [2.24, 2.45) is 11.8 Å². The topological polar surface area (TPSA) is 90.6 Å². The minimum Gasteiger partial charge on any atom is -0.447 e. The van der Waals surface area contributed by atoms with Crippen molar-refractivity contribution in [2.75, 3.05) is 6.61 Å². The van der Waals surface area contributed by atoms with Gasteiger partial charge in [-0.3, -0.25) is 4.79 Å². The predicted molar refractivity (Wildman–Crippen MR) is 62.2 cm³/mol. The summed E-state index contributed by atoms with van der Waals surface area (Å²) in [6.07, 6.45) is -0.709. The number of cyclic esters (lactones) is 1. The van der Waals surface area contributed by atoms with Crippen molar-refractivity contribution < 1.29 is 19.4 Å². The van der Waals surface area contributed by atoms with Gasteiger partial charge in [0.1, 0.15) is 6.61 Å². The van der Waals surface area contributed by atoms with Crippen molar-refractivity contribution in [3.8, 4) is 6.07 Å². The number of ether oxygens (including phenoxy) is 1. The van der Waals surface area contributed by atoms with Crippen molar-refractivity contribution in [3.05, 3.63) is 0 Å². The fourth-order valence-corrected chi connectivity index (χ4v) is 1.73. The summed E-state index contributed by atoms with van der Waals surface area (Å²) >= 11 is 0. The van der Waals surface area contributed by atoms with Crippen LogP contribution in [0.3, 0.4) is 0 Å². The third-order valence-corrected chi connectivity index (χ3v) is 3.35. The van der Waals surface area contributed by atoms with E-state index < -0.39 is 23.5 Å². The van der Waals surface area contributed by atoms with E-state index in [-0.39, 0.29) is 18.6 Å². The van der Waals surface area contributed by atoms with Gasteiger partial charge in [0.05, 0.1) is 18.0 Å². The minimum absolute atomic E-state index is 0.0552. The highest BCUT2D eigenvalue weighted by Crippen LogP contribution is 2.25. The van der Waals surface area contributed by atoms with E-state index in [0.29, 0.717) is 0 Å². The number of hydrogen-bond acceptors (Lipinski definition) is 5. The van der Waals surface area contributed by atoms with Gasteiger partial charge in [0.2, 0.25) is 5.91 Å². The van der Waals surface area contributed by atoms with Crippen LogP contribution >= 0.6 is 0 Å². The van der Waals surface area contributed by atoms with Crippen LogP contribution in [-0.4, -0.2) is 40.3 Å². The van der Waals surface area contributed by atoms with Crippen molar-refractivity contribution in [1.82, 2.24) is 4.90 Å². The quantitative estimate of drug-likeness (QED) is 0.755. The third-order valence-electron chi connectivity index (χ3n) is 3.35. The average Bonchev–Trinajstić information content (AvgIpc) is 2.69. The maximum Gasteiger partial charge on any atom is 0.416 e. The number of carbonyl (C=O) groups is 2. The third kappa shape index (κ3) is 2.46. The van der Waals surface area contributed by atoms with Crippen LogP contribution in [0.4, 0.5) is 4.79 Å². The SMILES string of the molecule is CC(C)[C@H]1COC(=O)N1C(=O)[C@H](C)[C@](C)(O)C#N. The summed E-state index contributed by atoms with van der Waals surface area (Å²) in [6, 6.07) is 1.31. The summed E-state index contributed by atoms with van der Waals surface area (Å²) in [5.41, 5.74) is -1.80. The van der Waals surface area contributed by atoms with Gasteiger partial charge < -0.3 is 9.84 Å². The Labute approximate surface area is 106 Å². The highest BCUT2D eigenvalue weighted by molar-refractivity contribution is 5.95. The molecule has 1 aliphatic heterocycles. The summed E-state index contributed by atoms with van der Waals surface area (Å²) in [7, 11) is 0. The summed E-state index contributed by atoms with van der Waals surface area (Å²) in [6.45, 7) is 6.58. The van der Waals surface area contributed by atoms with Crippen LogP contribution in [0.2, 0.25) is 0 Å². The van der Waals surface area contributed by atoms with Gasteiger partial charge >= 0.3 is 6.09 Å². The normalized spacial score (nSPS) is 24.4. The molecule has 0 unspecified atom stereocenters. The molecule has 1 heterocycles. The molecule has 1 fully saturated rings. The molecule has 100 valence electrons. The molecule has 6 nitrogen and oxygen atoms in total. The van der Waals surface area contributed by atoms with Gasteiger partial charge in [-0.2, -0.15) is 5.26 Å². The van der Waals surface area contributed by atoms with E-state index in [9.17, 15) is 14.7 Å². The Balaban J connectivity index is 2.95.